The van der Waals surface area contributed by atoms with E-state index in [1.807, 2.05) is 11.0 Å². The summed E-state index contributed by atoms with van der Waals surface area (Å²) in [5.41, 5.74) is 1.24. The van der Waals surface area contributed by atoms with Gasteiger partial charge in [-0.3, -0.25) is 9.79 Å². The molecule has 1 aromatic carbocycles. The number of carbonyl (C=O) groups is 1. The number of benzene rings is 1. The fraction of sp³-hybridized carbons (Fsp3) is 0.600. The Hall–Kier alpha value is -2.04. The molecular formula is C20H32N4O. The van der Waals surface area contributed by atoms with Crippen molar-refractivity contribution in [3.05, 3.63) is 35.9 Å². The quantitative estimate of drug-likeness (QED) is 0.454. The van der Waals surface area contributed by atoms with Crippen LogP contribution in [-0.4, -0.2) is 42.9 Å². The van der Waals surface area contributed by atoms with E-state index in [0.29, 0.717) is 12.3 Å². The molecule has 0 aliphatic carbocycles. The van der Waals surface area contributed by atoms with Crippen molar-refractivity contribution in [1.82, 2.24) is 15.5 Å². The Morgan fingerprint density at radius 1 is 1.24 bits per heavy atom. The molecule has 2 rings (SSSR count). The van der Waals surface area contributed by atoms with Crippen molar-refractivity contribution >= 4 is 11.9 Å². The van der Waals surface area contributed by atoms with Gasteiger partial charge < -0.3 is 15.5 Å². The highest BCUT2D eigenvalue weighted by molar-refractivity contribution is 5.80. The highest BCUT2D eigenvalue weighted by atomic mass is 16.2. The average molecular weight is 345 g/mol. The van der Waals surface area contributed by atoms with Gasteiger partial charge in [-0.2, -0.15) is 0 Å². The third-order valence-electron chi connectivity index (χ3n) is 4.52. The number of nitrogens with zero attached hydrogens (tertiary/aromatic N) is 2. The average Bonchev–Trinajstić information content (AvgIpc) is 2.84. The SMILES string of the molecule is CCNC(=NCCCN1CCCCCC1=O)NC(C)c1ccccc1. The Labute approximate surface area is 151 Å². The minimum atomic E-state index is 0.200. The maximum Gasteiger partial charge on any atom is 0.222 e. The van der Waals surface area contributed by atoms with E-state index < -0.39 is 0 Å². The molecule has 1 saturated heterocycles. The first-order chi connectivity index (χ1) is 12.2. The third-order valence-corrected chi connectivity index (χ3v) is 4.52. The first-order valence-electron chi connectivity index (χ1n) is 9.58. The number of hydrogen-bond donors (Lipinski definition) is 2. The zero-order valence-electron chi connectivity index (χ0n) is 15.6. The van der Waals surface area contributed by atoms with Crippen LogP contribution in [0.2, 0.25) is 0 Å². The predicted molar refractivity (Wildman–Crippen MR) is 104 cm³/mol. The van der Waals surface area contributed by atoms with E-state index >= 15 is 0 Å². The van der Waals surface area contributed by atoms with Gasteiger partial charge in [-0.1, -0.05) is 36.8 Å². The molecule has 1 fully saturated rings. The lowest BCUT2D eigenvalue weighted by molar-refractivity contribution is -0.130. The number of nitrogens with one attached hydrogen (secondary N) is 2. The van der Waals surface area contributed by atoms with Crippen LogP contribution in [0.3, 0.4) is 0 Å². The van der Waals surface area contributed by atoms with Gasteiger partial charge in [-0.15, -0.1) is 0 Å². The normalized spacial score (nSPS) is 17.1. The summed E-state index contributed by atoms with van der Waals surface area (Å²) in [4.78, 5) is 18.7. The smallest absolute Gasteiger partial charge is 0.222 e. The lowest BCUT2D eigenvalue weighted by atomic mass is 10.1. The highest BCUT2D eigenvalue weighted by Gasteiger charge is 2.15. The molecule has 138 valence electrons. The van der Waals surface area contributed by atoms with Gasteiger partial charge >= 0.3 is 0 Å². The summed E-state index contributed by atoms with van der Waals surface area (Å²) in [5.74, 6) is 1.14. The van der Waals surface area contributed by atoms with Gasteiger partial charge in [0, 0.05) is 32.6 Å². The van der Waals surface area contributed by atoms with Crippen LogP contribution in [0.25, 0.3) is 0 Å². The van der Waals surface area contributed by atoms with Crippen LogP contribution in [0.4, 0.5) is 0 Å². The van der Waals surface area contributed by atoms with E-state index in [1.165, 1.54) is 12.0 Å². The summed E-state index contributed by atoms with van der Waals surface area (Å²) in [6.07, 6.45) is 4.96. The molecule has 0 spiro atoms. The van der Waals surface area contributed by atoms with Crippen molar-refractivity contribution in [3.63, 3.8) is 0 Å². The molecule has 1 unspecified atom stereocenters. The highest BCUT2D eigenvalue weighted by Crippen LogP contribution is 2.12. The van der Waals surface area contributed by atoms with Crippen molar-refractivity contribution in [2.45, 2.75) is 52.0 Å². The van der Waals surface area contributed by atoms with Crippen LogP contribution in [0.1, 0.15) is 57.6 Å². The second-order valence-electron chi connectivity index (χ2n) is 6.58. The molecule has 0 aromatic heterocycles. The van der Waals surface area contributed by atoms with Crippen molar-refractivity contribution in [1.29, 1.82) is 0 Å². The standard InChI is InChI=1S/C20H32N4O/c1-3-21-20(23-17(2)18-11-6-4-7-12-18)22-14-10-16-24-15-9-5-8-13-19(24)25/h4,6-7,11-12,17H,3,5,8-10,13-16H2,1-2H3,(H2,21,22,23). The molecule has 1 heterocycles. The summed E-state index contributed by atoms with van der Waals surface area (Å²) >= 11 is 0. The van der Waals surface area contributed by atoms with Crippen molar-refractivity contribution in [2.24, 2.45) is 4.99 Å². The van der Waals surface area contributed by atoms with Gasteiger partial charge in [0.05, 0.1) is 6.04 Å². The lowest BCUT2D eigenvalue weighted by Gasteiger charge is -2.20. The number of hydrogen-bond acceptors (Lipinski definition) is 2. The Bertz CT molecular complexity index is 544. The molecule has 5 nitrogen and oxygen atoms in total. The predicted octanol–water partition coefficient (Wildman–Crippen LogP) is 3.10. The Kier molecular flexibility index (Phi) is 8.29. The summed E-state index contributed by atoms with van der Waals surface area (Å²) in [7, 11) is 0. The van der Waals surface area contributed by atoms with Gasteiger partial charge in [-0.25, -0.2) is 0 Å². The molecule has 1 amide bonds. The van der Waals surface area contributed by atoms with Crippen LogP contribution in [0, 0.1) is 0 Å². The second-order valence-corrected chi connectivity index (χ2v) is 6.58. The number of carbonyl (C=O) groups excluding carboxylic acids is 1. The summed E-state index contributed by atoms with van der Waals surface area (Å²) < 4.78 is 0. The maximum absolute atomic E-state index is 12.0. The van der Waals surface area contributed by atoms with Gasteiger partial charge in [-0.05, 0) is 38.7 Å². The number of aliphatic imine (C=N–C) groups is 1. The van der Waals surface area contributed by atoms with Crippen LogP contribution < -0.4 is 10.6 Å². The summed E-state index contributed by atoms with van der Waals surface area (Å²) in [6, 6.07) is 10.6. The van der Waals surface area contributed by atoms with Crippen LogP contribution in [0.15, 0.2) is 35.3 Å². The Morgan fingerprint density at radius 2 is 2.04 bits per heavy atom. The third kappa shape index (κ3) is 6.77. The van der Waals surface area contributed by atoms with Crippen LogP contribution in [-0.2, 0) is 4.79 Å². The molecular weight excluding hydrogens is 312 g/mol. The lowest BCUT2D eigenvalue weighted by Crippen LogP contribution is -2.39. The number of rotatable bonds is 7. The minimum absolute atomic E-state index is 0.200. The van der Waals surface area contributed by atoms with E-state index in [-0.39, 0.29) is 6.04 Å². The van der Waals surface area contributed by atoms with Crippen LogP contribution >= 0.6 is 0 Å². The first-order valence-corrected chi connectivity index (χ1v) is 9.58. The largest absolute Gasteiger partial charge is 0.357 e. The van der Waals surface area contributed by atoms with Crippen molar-refractivity contribution in [3.8, 4) is 0 Å². The molecule has 1 aliphatic heterocycles. The summed E-state index contributed by atoms with van der Waals surface area (Å²) in [5, 5.41) is 6.75. The van der Waals surface area contributed by atoms with E-state index in [0.717, 1.165) is 51.4 Å². The van der Waals surface area contributed by atoms with E-state index in [9.17, 15) is 4.79 Å². The number of likely N-dealkylation sites (tertiary alicyclic amines) is 1. The minimum Gasteiger partial charge on any atom is -0.357 e. The Balaban J connectivity index is 1.81. The molecule has 1 atom stereocenters. The van der Waals surface area contributed by atoms with Crippen molar-refractivity contribution in [2.75, 3.05) is 26.2 Å². The summed E-state index contributed by atoms with van der Waals surface area (Å²) in [6.45, 7) is 7.48. The van der Waals surface area contributed by atoms with Gasteiger partial charge in [0.2, 0.25) is 5.91 Å². The first kappa shape index (κ1) is 19.3. The number of amides is 1. The molecule has 1 aliphatic rings. The molecule has 0 radical (unpaired) electrons. The van der Waals surface area contributed by atoms with E-state index in [1.54, 1.807) is 0 Å². The van der Waals surface area contributed by atoms with E-state index in [4.69, 9.17) is 0 Å². The van der Waals surface area contributed by atoms with Gasteiger partial charge in [0.1, 0.15) is 0 Å². The van der Waals surface area contributed by atoms with Gasteiger partial charge in [0.25, 0.3) is 0 Å². The zero-order valence-corrected chi connectivity index (χ0v) is 15.6. The molecule has 0 saturated carbocycles. The van der Waals surface area contributed by atoms with E-state index in [2.05, 4.69) is 53.7 Å². The molecule has 2 N–H and O–H groups in total. The maximum atomic E-state index is 12.0. The fourth-order valence-electron chi connectivity index (χ4n) is 3.08. The van der Waals surface area contributed by atoms with Crippen molar-refractivity contribution < 1.29 is 4.79 Å². The van der Waals surface area contributed by atoms with Crippen LogP contribution in [0.5, 0.6) is 0 Å². The molecule has 5 heteroatoms. The number of guanidine groups is 1. The topological polar surface area (TPSA) is 56.7 Å². The fourth-order valence-corrected chi connectivity index (χ4v) is 3.08. The van der Waals surface area contributed by atoms with Gasteiger partial charge in [0.15, 0.2) is 5.96 Å². The molecule has 0 bridgehead atoms. The zero-order chi connectivity index (χ0) is 17.9. The molecule has 25 heavy (non-hydrogen) atoms. The second kappa shape index (κ2) is 10.7. The molecule has 1 aromatic rings. The monoisotopic (exact) mass is 344 g/mol. The Morgan fingerprint density at radius 3 is 2.80 bits per heavy atom.